The van der Waals surface area contributed by atoms with E-state index in [0.29, 0.717) is 18.9 Å². The molecule has 0 bridgehead atoms. The van der Waals surface area contributed by atoms with Gasteiger partial charge in [-0.3, -0.25) is 4.79 Å². The predicted molar refractivity (Wildman–Crippen MR) is 68.4 cm³/mol. The van der Waals surface area contributed by atoms with Crippen LogP contribution in [-0.2, 0) is 9.53 Å². The van der Waals surface area contributed by atoms with Crippen LogP contribution in [0.2, 0.25) is 0 Å². The van der Waals surface area contributed by atoms with E-state index in [1.165, 1.54) is 4.90 Å². The van der Waals surface area contributed by atoms with Crippen LogP contribution in [0.4, 0.5) is 0 Å². The monoisotopic (exact) mass is 289 g/mol. The third-order valence-electron chi connectivity index (χ3n) is 4.29. The highest BCUT2D eigenvalue weighted by atomic mass is 16.6. The number of ether oxygens (including phenoxy) is 1. The predicted octanol–water partition coefficient (Wildman–Crippen LogP) is -1.71. The van der Waals surface area contributed by atoms with E-state index in [1.807, 2.05) is 13.8 Å². The van der Waals surface area contributed by atoms with Gasteiger partial charge in [-0.15, -0.1) is 0 Å². The van der Waals surface area contributed by atoms with Crippen molar-refractivity contribution in [2.24, 2.45) is 11.8 Å². The summed E-state index contributed by atoms with van der Waals surface area (Å²) in [6.45, 7) is 4.06. The van der Waals surface area contributed by atoms with Crippen LogP contribution >= 0.6 is 0 Å². The SMILES string of the molecule is CC(C)[C@H]1CC(=O)N(C[C@]2(O)OC[C@@H](O)[C@H](O)[C@H]2O)C1. The highest BCUT2D eigenvalue weighted by molar-refractivity contribution is 5.78. The van der Waals surface area contributed by atoms with E-state index in [-0.39, 0.29) is 25.0 Å². The van der Waals surface area contributed by atoms with Crippen molar-refractivity contribution >= 4 is 5.91 Å². The molecule has 2 aliphatic heterocycles. The molecule has 0 saturated carbocycles. The molecule has 116 valence electrons. The van der Waals surface area contributed by atoms with E-state index < -0.39 is 24.1 Å². The van der Waals surface area contributed by atoms with Gasteiger partial charge in [-0.1, -0.05) is 13.8 Å². The first-order valence-corrected chi connectivity index (χ1v) is 6.93. The fourth-order valence-electron chi connectivity index (χ4n) is 2.71. The summed E-state index contributed by atoms with van der Waals surface area (Å²) < 4.78 is 5.07. The zero-order valence-electron chi connectivity index (χ0n) is 11.8. The summed E-state index contributed by atoms with van der Waals surface area (Å²) in [7, 11) is 0. The van der Waals surface area contributed by atoms with Crippen LogP contribution in [0.15, 0.2) is 0 Å². The van der Waals surface area contributed by atoms with E-state index in [1.54, 1.807) is 0 Å². The fourth-order valence-corrected chi connectivity index (χ4v) is 2.71. The number of carbonyl (C=O) groups is 1. The van der Waals surface area contributed by atoms with Gasteiger partial charge < -0.3 is 30.1 Å². The van der Waals surface area contributed by atoms with Crippen molar-refractivity contribution in [3.63, 3.8) is 0 Å². The van der Waals surface area contributed by atoms with Gasteiger partial charge in [0.2, 0.25) is 11.7 Å². The van der Waals surface area contributed by atoms with Gasteiger partial charge in [-0.25, -0.2) is 0 Å². The Balaban J connectivity index is 2.04. The number of aliphatic hydroxyl groups is 4. The minimum atomic E-state index is -2.04. The zero-order valence-corrected chi connectivity index (χ0v) is 11.8. The van der Waals surface area contributed by atoms with Gasteiger partial charge in [0.05, 0.1) is 13.2 Å². The third kappa shape index (κ3) is 2.82. The number of carbonyl (C=O) groups excluding carboxylic acids is 1. The highest BCUT2D eigenvalue weighted by Crippen LogP contribution is 2.30. The Bertz CT molecular complexity index is 376. The number of aliphatic hydroxyl groups excluding tert-OH is 3. The van der Waals surface area contributed by atoms with Crippen LogP contribution < -0.4 is 0 Å². The van der Waals surface area contributed by atoms with Crippen molar-refractivity contribution in [2.75, 3.05) is 19.7 Å². The van der Waals surface area contributed by atoms with Crippen molar-refractivity contribution in [3.8, 4) is 0 Å². The molecule has 0 spiro atoms. The lowest BCUT2D eigenvalue weighted by molar-refractivity contribution is -0.323. The van der Waals surface area contributed by atoms with E-state index in [9.17, 15) is 25.2 Å². The van der Waals surface area contributed by atoms with Crippen molar-refractivity contribution in [1.29, 1.82) is 0 Å². The summed E-state index contributed by atoms with van der Waals surface area (Å²) >= 11 is 0. The number of hydrogen-bond acceptors (Lipinski definition) is 6. The van der Waals surface area contributed by atoms with Gasteiger partial charge in [0, 0.05) is 13.0 Å². The Morgan fingerprint density at radius 2 is 2.05 bits per heavy atom. The zero-order chi connectivity index (χ0) is 15.1. The number of likely N-dealkylation sites (tertiary alicyclic amines) is 1. The quantitative estimate of drug-likeness (QED) is 0.492. The minimum absolute atomic E-state index is 0.103. The molecule has 2 rings (SSSR count). The van der Waals surface area contributed by atoms with Gasteiger partial charge in [0.15, 0.2) is 0 Å². The summed E-state index contributed by atoms with van der Waals surface area (Å²) in [5, 5.41) is 39.2. The van der Waals surface area contributed by atoms with Gasteiger partial charge in [0.1, 0.15) is 18.3 Å². The summed E-state index contributed by atoms with van der Waals surface area (Å²) in [4.78, 5) is 13.4. The Morgan fingerprint density at radius 1 is 1.40 bits per heavy atom. The lowest BCUT2D eigenvalue weighted by Crippen LogP contribution is -2.64. The molecule has 0 aromatic rings. The van der Waals surface area contributed by atoms with E-state index in [4.69, 9.17) is 4.74 Å². The Morgan fingerprint density at radius 3 is 2.60 bits per heavy atom. The Hall–Kier alpha value is -0.730. The number of β-amino-alcohol motifs (C(OH)–C–C–N with tert-alkyl or cyclic N) is 1. The summed E-state index contributed by atoms with van der Waals surface area (Å²) in [5.41, 5.74) is 0. The molecule has 0 aromatic heterocycles. The van der Waals surface area contributed by atoms with Crippen LogP contribution in [-0.4, -0.2) is 75.0 Å². The van der Waals surface area contributed by atoms with Crippen molar-refractivity contribution in [3.05, 3.63) is 0 Å². The molecule has 2 aliphatic rings. The largest absolute Gasteiger partial charge is 0.388 e. The van der Waals surface area contributed by atoms with Crippen LogP contribution in [0, 0.1) is 11.8 Å². The van der Waals surface area contributed by atoms with Crippen LogP contribution in [0.25, 0.3) is 0 Å². The first-order valence-electron chi connectivity index (χ1n) is 6.93. The van der Waals surface area contributed by atoms with Gasteiger partial charge in [0.25, 0.3) is 0 Å². The minimum Gasteiger partial charge on any atom is -0.388 e. The number of amides is 1. The first kappa shape index (κ1) is 15.7. The maximum Gasteiger partial charge on any atom is 0.223 e. The molecule has 1 amide bonds. The molecule has 7 heteroatoms. The lowest BCUT2D eigenvalue weighted by Gasteiger charge is -2.43. The smallest absolute Gasteiger partial charge is 0.223 e. The fraction of sp³-hybridized carbons (Fsp3) is 0.923. The van der Waals surface area contributed by atoms with Crippen LogP contribution in [0.5, 0.6) is 0 Å². The normalized spacial score (nSPS) is 42.5. The van der Waals surface area contributed by atoms with Gasteiger partial charge in [-0.05, 0) is 11.8 Å². The molecule has 0 aliphatic carbocycles. The molecular weight excluding hydrogens is 266 g/mol. The average molecular weight is 289 g/mol. The molecule has 20 heavy (non-hydrogen) atoms. The molecule has 5 atom stereocenters. The Labute approximate surface area is 117 Å². The second-order valence-electron chi connectivity index (χ2n) is 6.14. The third-order valence-corrected chi connectivity index (χ3v) is 4.29. The standard InChI is InChI=1S/C13H23NO6/c1-7(2)8-3-10(16)14(4-8)6-13(19)12(18)11(17)9(15)5-20-13/h7-9,11-12,15,17-19H,3-6H2,1-2H3/t8-,9+,11-,12+,13-/m0/s1. The van der Waals surface area contributed by atoms with E-state index in [2.05, 4.69) is 0 Å². The van der Waals surface area contributed by atoms with Crippen molar-refractivity contribution < 1.29 is 30.0 Å². The summed E-state index contributed by atoms with van der Waals surface area (Å²) in [6, 6.07) is 0. The second-order valence-corrected chi connectivity index (χ2v) is 6.14. The van der Waals surface area contributed by atoms with Crippen molar-refractivity contribution in [2.45, 2.75) is 44.4 Å². The molecule has 4 N–H and O–H groups in total. The second kappa shape index (κ2) is 5.57. The molecule has 7 nitrogen and oxygen atoms in total. The topological polar surface area (TPSA) is 110 Å². The molecular formula is C13H23NO6. The molecule has 2 heterocycles. The molecule has 0 unspecified atom stereocenters. The van der Waals surface area contributed by atoms with E-state index >= 15 is 0 Å². The summed E-state index contributed by atoms with van der Waals surface area (Å²) in [5.74, 6) is -1.58. The van der Waals surface area contributed by atoms with Crippen LogP contribution in [0.3, 0.4) is 0 Å². The molecule has 2 saturated heterocycles. The van der Waals surface area contributed by atoms with Crippen molar-refractivity contribution in [1.82, 2.24) is 4.90 Å². The molecule has 0 aromatic carbocycles. The van der Waals surface area contributed by atoms with Gasteiger partial charge in [-0.2, -0.15) is 0 Å². The van der Waals surface area contributed by atoms with E-state index in [0.717, 1.165) is 0 Å². The molecule has 2 fully saturated rings. The average Bonchev–Trinajstić information content (AvgIpc) is 2.74. The lowest BCUT2D eigenvalue weighted by atomic mass is 9.95. The number of hydrogen-bond donors (Lipinski definition) is 4. The highest BCUT2D eigenvalue weighted by Gasteiger charge is 2.50. The molecule has 0 radical (unpaired) electrons. The number of nitrogens with zero attached hydrogens (tertiary/aromatic N) is 1. The summed E-state index contributed by atoms with van der Waals surface area (Å²) in [6.07, 6.45) is -3.98. The Kier molecular flexibility index (Phi) is 4.36. The first-order chi connectivity index (χ1) is 9.24. The van der Waals surface area contributed by atoms with Crippen LogP contribution in [0.1, 0.15) is 20.3 Å². The number of rotatable bonds is 3. The maximum atomic E-state index is 11.9. The maximum absolute atomic E-state index is 11.9. The van der Waals surface area contributed by atoms with Gasteiger partial charge >= 0.3 is 0 Å².